The highest BCUT2D eigenvalue weighted by molar-refractivity contribution is 7.87. The van der Waals surface area contributed by atoms with Gasteiger partial charge in [0, 0.05) is 32.5 Å². The molecule has 2 heterocycles. The summed E-state index contributed by atoms with van der Waals surface area (Å²) in [7, 11) is -3.76. The number of nitrogens with one attached hydrogen (secondary N) is 1. The van der Waals surface area contributed by atoms with E-state index in [0.29, 0.717) is 13.1 Å². The number of likely N-dealkylation sites (tertiary alicyclic amines) is 1. The largest absolute Gasteiger partial charge is 0.441 e. The van der Waals surface area contributed by atoms with Gasteiger partial charge in [-0.1, -0.05) is 6.07 Å². The molecule has 0 radical (unpaired) electrons. The van der Waals surface area contributed by atoms with Crippen LogP contribution in [0.3, 0.4) is 0 Å². The number of carbonyl (C=O) groups is 1. The quantitative estimate of drug-likeness (QED) is 0.694. The predicted molar refractivity (Wildman–Crippen MR) is 101 cm³/mol. The second kappa shape index (κ2) is 8.97. The fourth-order valence-corrected chi connectivity index (χ4v) is 3.81. The monoisotopic (exact) mass is 428 g/mol. The summed E-state index contributed by atoms with van der Waals surface area (Å²) < 4.78 is 57.4. The molecule has 1 aromatic carbocycles. The number of rotatable bonds is 7. The minimum Gasteiger partial charge on any atom is -0.441 e. The average molecular weight is 428 g/mol. The van der Waals surface area contributed by atoms with Gasteiger partial charge in [-0.25, -0.2) is 23.6 Å². The summed E-state index contributed by atoms with van der Waals surface area (Å²) in [5.41, 5.74) is -0.293. The normalized spacial score (nSPS) is 17.5. The molecule has 29 heavy (non-hydrogen) atoms. The fourth-order valence-electron chi connectivity index (χ4n) is 3.34. The van der Waals surface area contributed by atoms with Crippen molar-refractivity contribution in [3.63, 3.8) is 0 Å². The number of piperidine rings is 1. The first kappa shape index (κ1) is 21.3. The Kier molecular flexibility index (Phi) is 6.60. The van der Waals surface area contributed by atoms with Gasteiger partial charge in [0.15, 0.2) is 11.7 Å². The average Bonchev–Trinajstić information content (AvgIpc) is 3.12. The number of amides is 1. The minimum atomic E-state index is -3.76. The Bertz CT molecular complexity index is 960. The van der Waals surface area contributed by atoms with Crippen LogP contribution in [0.5, 0.6) is 0 Å². The smallest absolute Gasteiger partial charge is 0.274 e. The number of nitrogens with two attached hydrogens (primary N) is 1. The highest BCUT2D eigenvalue weighted by Crippen LogP contribution is 2.27. The van der Waals surface area contributed by atoms with Gasteiger partial charge in [0.1, 0.15) is 11.6 Å². The molecule has 0 aliphatic carbocycles. The number of nitrogens with zero attached hydrogens (tertiary/aromatic N) is 2. The lowest BCUT2D eigenvalue weighted by molar-refractivity contribution is -0.133. The van der Waals surface area contributed by atoms with Crippen molar-refractivity contribution in [2.75, 3.05) is 19.6 Å². The van der Waals surface area contributed by atoms with Gasteiger partial charge in [-0.15, -0.1) is 0 Å². The number of benzene rings is 1. The zero-order chi connectivity index (χ0) is 21.0. The maximum atomic E-state index is 13.8. The van der Waals surface area contributed by atoms with E-state index in [-0.39, 0.29) is 48.4 Å². The molecule has 0 spiro atoms. The van der Waals surface area contributed by atoms with E-state index in [0.717, 1.165) is 25.0 Å². The summed E-state index contributed by atoms with van der Waals surface area (Å²) in [6.45, 7) is 1.19. The third-order valence-electron chi connectivity index (χ3n) is 4.76. The Hall–Kier alpha value is -2.37. The number of aromatic nitrogens is 1. The first-order chi connectivity index (χ1) is 13.7. The Morgan fingerprint density at radius 1 is 1.34 bits per heavy atom. The molecule has 158 valence electrons. The van der Waals surface area contributed by atoms with Crippen LogP contribution in [-0.2, 0) is 21.4 Å². The van der Waals surface area contributed by atoms with Crippen LogP contribution in [0.25, 0.3) is 11.3 Å². The van der Waals surface area contributed by atoms with Gasteiger partial charge < -0.3 is 9.32 Å². The standard InChI is InChI=1S/C18H22F2N4O4S/c19-13-4-1-5-14(20)18(13)15-10-22-16(28-15)6-7-17(25)24-8-2-3-12(11-24)9-23-29(21,26)27/h1,4-5,10,12,23H,2-3,6-9,11H2,(H2,21,26,27)/t12-/m1/s1. The van der Waals surface area contributed by atoms with Gasteiger partial charge in [-0.2, -0.15) is 8.42 Å². The van der Waals surface area contributed by atoms with E-state index in [2.05, 4.69) is 9.71 Å². The van der Waals surface area contributed by atoms with E-state index < -0.39 is 21.8 Å². The number of carbonyl (C=O) groups excluding carboxylic acids is 1. The Labute approximate surface area is 167 Å². The Morgan fingerprint density at radius 3 is 2.76 bits per heavy atom. The molecule has 1 aromatic heterocycles. The molecule has 1 saturated heterocycles. The van der Waals surface area contributed by atoms with Crippen LogP contribution in [0.15, 0.2) is 28.8 Å². The van der Waals surface area contributed by atoms with Crippen LogP contribution >= 0.6 is 0 Å². The fraction of sp³-hybridized carbons (Fsp3) is 0.444. The van der Waals surface area contributed by atoms with Gasteiger partial charge in [0.05, 0.1) is 11.8 Å². The lowest BCUT2D eigenvalue weighted by atomic mass is 9.98. The third kappa shape index (κ3) is 5.81. The highest BCUT2D eigenvalue weighted by Gasteiger charge is 2.24. The second-order valence-corrected chi connectivity index (χ2v) is 8.34. The molecule has 3 N–H and O–H groups in total. The number of aryl methyl sites for hydroxylation is 1. The molecular weight excluding hydrogens is 406 g/mol. The first-order valence-corrected chi connectivity index (χ1v) is 10.7. The topological polar surface area (TPSA) is 119 Å². The van der Waals surface area contributed by atoms with E-state index >= 15 is 0 Å². The molecule has 1 amide bonds. The SMILES string of the molecule is NS(=O)(=O)NC[C@H]1CCCN(C(=O)CCc2ncc(-c3c(F)cccc3F)o2)C1. The van der Waals surface area contributed by atoms with Crippen molar-refractivity contribution < 1.29 is 26.4 Å². The predicted octanol–water partition coefficient (Wildman–Crippen LogP) is 1.58. The lowest BCUT2D eigenvalue weighted by Crippen LogP contribution is -2.44. The summed E-state index contributed by atoms with van der Waals surface area (Å²) in [6.07, 6.45) is 3.10. The molecule has 2 aromatic rings. The first-order valence-electron chi connectivity index (χ1n) is 9.17. The Balaban J connectivity index is 1.55. The molecule has 1 aliphatic rings. The van der Waals surface area contributed by atoms with E-state index in [1.165, 1.54) is 12.3 Å². The van der Waals surface area contributed by atoms with Gasteiger partial charge in [-0.3, -0.25) is 4.79 Å². The van der Waals surface area contributed by atoms with Crippen LogP contribution in [0, 0.1) is 17.6 Å². The Morgan fingerprint density at radius 2 is 2.07 bits per heavy atom. The molecule has 8 nitrogen and oxygen atoms in total. The number of oxazole rings is 1. The molecule has 0 unspecified atom stereocenters. The summed E-state index contributed by atoms with van der Waals surface area (Å²) in [5, 5.41) is 4.94. The van der Waals surface area contributed by atoms with Crippen LogP contribution in [-0.4, -0.2) is 43.8 Å². The zero-order valence-electron chi connectivity index (χ0n) is 15.6. The molecule has 0 bridgehead atoms. The molecule has 1 aliphatic heterocycles. The van der Waals surface area contributed by atoms with Crippen molar-refractivity contribution in [3.05, 3.63) is 41.9 Å². The lowest BCUT2D eigenvalue weighted by Gasteiger charge is -2.32. The van der Waals surface area contributed by atoms with Crippen LogP contribution < -0.4 is 9.86 Å². The minimum absolute atomic E-state index is 0.0107. The van der Waals surface area contributed by atoms with Gasteiger partial charge >= 0.3 is 0 Å². The third-order valence-corrected chi connectivity index (χ3v) is 5.33. The van der Waals surface area contributed by atoms with Crippen molar-refractivity contribution in [3.8, 4) is 11.3 Å². The van der Waals surface area contributed by atoms with Crippen molar-refractivity contribution in [1.29, 1.82) is 0 Å². The van der Waals surface area contributed by atoms with Crippen molar-refractivity contribution >= 4 is 16.1 Å². The zero-order valence-corrected chi connectivity index (χ0v) is 16.4. The summed E-state index contributed by atoms with van der Waals surface area (Å²) in [6, 6.07) is 3.51. The molecule has 3 rings (SSSR count). The van der Waals surface area contributed by atoms with E-state index in [1.54, 1.807) is 4.90 Å². The molecule has 0 saturated carbocycles. The van der Waals surface area contributed by atoms with Gasteiger partial charge in [-0.05, 0) is 30.9 Å². The van der Waals surface area contributed by atoms with E-state index in [9.17, 15) is 22.0 Å². The van der Waals surface area contributed by atoms with Crippen LogP contribution in [0.4, 0.5) is 8.78 Å². The van der Waals surface area contributed by atoms with Crippen LogP contribution in [0.2, 0.25) is 0 Å². The highest BCUT2D eigenvalue weighted by atomic mass is 32.2. The second-order valence-electron chi connectivity index (χ2n) is 6.96. The molecular formula is C18H22F2N4O4S. The number of hydrogen-bond acceptors (Lipinski definition) is 5. The number of hydrogen-bond donors (Lipinski definition) is 2. The van der Waals surface area contributed by atoms with Crippen molar-refractivity contribution in [2.45, 2.75) is 25.7 Å². The van der Waals surface area contributed by atoms with Gasteiger partial charge in [0.2, 0.25) is 5.91 Å². The van der Waals surface area contributed by atoms with Crippen molar-refractivity contribution in [2.24, 2.45) is 11.1 Å². The molecule has 1 atom stereocenters. The molecule has 11 heteroatoms. The van der Waals surface area contributed by atoms with Crippen molar-refractivity contribution in [1.82, 2.24) is 14.6 Å². The van der Waals surface area contributed by atoms with Gasteiger partial charge in [0.25, 0.3) is 10.2 Å². The summed E-state index contributed by atoms with van der Waals surface area (Å²) in [4.78, 5) is 18.1. The maximum Gasteiger partial charge on any atom is 0.274 e. The maximum absolute atomic E-state index is 13.8. The summed E-state index contributed by atoms with van der Waals surface area (Å²) in [5.74, 6) is -1.46. The molecule has 1 fully saturated rings. The summed E-state index contributed by atoms with van der Waals surface area (Å²) >= 11 is 0. The van der Waals surface area contributed by atoms with Crippen LogP contribution in [0.1, 0.15) is 25.2 Å². The number of halogens is 2. The van der Waals surface area contributed by atoms with E-state index in [4.69, 9.17) is 9.56 Å². The van der Waals surface area contributed by atoms with E-state index in [1.807, 2.05) is 0 Å².